The van der Waals surface area contributed by atoms with E-state index < -0.39 is 40.7 Å². The largest absolute Gasteiger partial charge is 0.314 e. The van der Waals surface area contributed by atoms with Crippen LogP contribution in [0.1, 0.15) is 37.3 Å². The summed E-state index contributed by atoms with van der Waals surface area (Å²) >= 11 is 0. The number of hydrogen-bond donors (Lipinski definition) is 1. The summed E-state index contributed by atoms with van der Waals surface area (Å²) in [6.07, 6.45) is 3.33. The van der Waals surface area contributed by atoms with Crippen LogP contribution in [0.2, 0.25) is 0 Å². The third kappa shape index (κ3) is 2.96. The van der Waals surface area contributed by atoms with Crippen LogP contribution in [0.15, 0.2) is 0 Å². The fourth-order valence-corrected chi connectivity index (χ4v) is 3.83. The van der Waals surface area contributed by atoms with Crippen molar-refractivity contribution in [2.45, 2.75) is 31.7 Å². The Morgan fingerprint density at radius 3 is 1.78 bits per heavy atom. The van der Waals surface area contributed by atoms with Gasteiger partial charge in [0, 0.05) is 37.8 Å². The van der Waals surface area contributed by atoms with Gasteiger partial charge in [-0.1, -0.05) is 12.8 Å². The van der Waals surface area contributed by atoms with E-state index in [1.54, 1.807) is 0 Å². The van der Waals surface area contributed by atoms with Crippen molar-refractivity contribution in [2.75, 3.05) is 26.2 Å². The van der Waals surface area contributed by atoms with Gasteiger partial charge >= 0.3 is 0 Å². The maximum atomic E-state index is 14.3. The summed E-state index contributed by atoms with van der Waals surface area (Å²) in [5.41, 5.74) is -0.657. The minimum absolute atomic E-state index is 0.0821. The molecule has 23 heavy (non-hydrogen) atoms. The van der Waals surface area contributed by atoms with E-state index in [-0.39, 0.29) is 5.92 Å². The molecular formula is C16H19F5N2. The molecule has 1 aromatic rings. The van der Waals surface area contributed by atoms with Crippen LogP contribution in [0.4, 0.5) is 22.0 Å². The van der Waals surface area contributed by atoms with Crippen LogP contribution in [0.25, 0.3) is 0 Å². The van der Waals surface area contributed by atoms with Gasteiger partial charge in [0.05, 0.1) is 0 Å². The average molecular weight is 334 g/mol. The molecule has 1 saturated heterocycles. The quantitative estimate of drug-likeness (QED) is 0.517. The molecule has 7 heteroatoms. The van der Waals surface area contributed by atoms with Gasteiger partial charge in [-0.25, -0.2) is 22.0 Å². The van der Waals surface area contributed by atoms with Gasteiger partial charge in [-0.3, -0.25) is 4.90 Å². The second-order valence-electron chi connectivity index (χ2n) is 6.26. The summed E-state index contributed by atoms with van der Waals surface area (Å²) < 4.78 is 69.2. The number of rotatable bonds is 3. The summed E-state index contributed by atoms with van der Waals surface area (Å²) in [5.74, 6) is -9.24. The molecule has 1 aromatic carbocycles. The average Bonchev–Trinajstić information content (AvgIpc) is 3.10. The molecule has 0 radical (unpaired) electrons. The summed E-state index contributed by atoms with van der Waals surface area (Å²) in [4.78, 5) is 1.85. The Kier molecular flexibility index (Phi) is 4.87. The molecule has 1 atom stereocenters. The lowest BCUT2D eigenvalue weighted by molar-refractivity contribution is 0.117. The smallest absolute Gasteiger partial charge is 0.200 e. The molecule has 0 amide bonds. The van der Waals surface area contributed by atoms with Crippen molar-refractivity contribution < 1.29 is 22.0 Å². The summed E-state index contributed by atoms with van der Waals surface area (Å²) in [7, 11) is 0. The molecule has 1 saturated carbocycles. The number of hydrogen-bond acceptors (Lipinski definition) is 2. The first kappa shape index (κ1) is 16.6. The minimum Gasteiger partial charge on any atom is -0.314 e. The first-order chi connectivity index (χ1) is 11.0. The molecule has 1 aliphatic carbocycles. The zero-order chi connectivity index (χ0) is 16.6. The molecule has 0 aromatic heterocycles. The van der Waals surface area contributed by atoms with Crippen LogP contribution in [0.5, 0.6) is 0 Å². The topological polar surface area (TPSA) is 15.3 Å². The maximum Gasteiger partial charge on any atom is 0.200 e. The Bertz CT molecular complexity index is 551. The van der Waals surface area contributed by atoms with Crippen molar-refractivity contribution in [2.24, 2.45) is 5.92 Å². The molecule has 2 nitrogen and oxygen atoms in total. The Morgan fingerprint density at radius 1 is 0.783 bits per heavy atom. The minimum atomic E-state index is -2.09. The van der Waals surface area contributed by atoms with Crippen molar-refractivity contribution in [3.8, 4) is 0 Å². The fourth-order valence-electron chi connectivity index (χ4n) is 3.83. The van der Waals surface area contributed by atoms with Crippen LogP contribution in [0, 0.1) is 35.0 Å². The van der Waals surface area contributed by atoms with Gasteiger partial charge < -0.3 is 5.32 Å². The molecule has 2 aliphatic rings. The van der Waals surface area contributed by atoms with Gasteiger partial charge in [0.25, 0.3) is 0 Å². The summed E-state index contributed by atoms with van der Waals surface area (Å²) in [5, 5.41) is 3.14. The summed E-state index contributed by atoms with van der Waals surface area (Å²) in [6.45, 7) is 2.33. The highest BCUT2D eigenvalue weighted by Gasteiger charge is 2.38. The summed E-state index contributed by atoms with van der Waals surface area (Å²) in [6, 6.07) is -0.760. The Labute approximate surface area is 131 Å². The fraction of sp³-hybridized carbons (Fsp3) is 0.625. The molecule has 0 spiro atoms. The molecule has 1 N–H and O–H groups in total. The van der Waals surface area contributed by atoms with Gasteiger partial charge in [-0.15, -0.1) is 0 Å². The van der Waals surface area contributed by atoms with Gasteiger partial charge in [0.1, 0.15) is 0 Å². The lowest BCUT2D eigenvalue weighted by Gasteiger charge is -2.38. The van der Waals surface area contributed by atoms with E-state index in [1.807, 2.05) is 4.90 Å². The van der Waals surface area contributed by atoms with E-state index in [0.717, 1.165) is 25.7 Å². The van der Waals surface area contributed by atoms with Crippen LogP contribution in [-0.2, 0) is 0 Å². The van der Waals surface area contributed by atoms with E-state index in [4.69, 9.17) is 0 Å². The van der Waals surface area contributed by atoms with E-state index in [1.165, 1.54) is 0 Å². The highest BCUT2D eigenvalue weighted by Crippen LogP contribution is 2.42. The van der Waals surface area contributed by atoms with Gasteiger partial charge in [0.2, 0.25) is 5.82 Å². The monoisotopic (exact) mass is 334 g/mol. The standard InChI is InChI=1S/C16H19F5N2/c17-11-10(12(18)14(20)15(21)13(11)19)16(9-3-1-2-4-9)23-7-5-22-6-8-23/h9,16,22H,1-8H2/t16-/m1/s1. The Hall–Kier alpha value is -1.21. The van der Waals surface area contributed by atoms with Crippen LogP contribution >= 0.6 is 0 Å². The highest BCUT2D eigenvalue weighted by molar-refractivity contribution is 5.28. The van der Waals surface area contributed by atoms with Crippen LogP contribution in [-0.4, -0.2) is 31.1 Å². The molecule has 3 rings (SSSR count). The third-order valence-corrected chi connectivity index (χ3v) is 4.93. The van der Waals surface area contributed by atoms with Crippen molar-refractivity contribution in [3.63, 3.8) is 0 Å². The molecule has 2 fully saturated rings. The van der Waals surface area contributed by atoms with Crippen molar-refractivity contribution in [3.05, 3.63) is 34.6 Å². The van der Waals surface area contributed by atoms with E-state index in [9.17, 15) is 22.0 Å². The van der Waals surface area contributed by atoms with Crippen LogP contribution in [0.3, 0.4) is 0 Å². The highest BCUT2D eigenvalue weighted by atomic mass is 19.2. The van der Waals surface area contributed by atoms with Crippen molar-refractivity contribution >= 4 is 0 Å². The van der Waals surface area contributed by atoms with Crippen molar-refractivity contribution in [1.82, 2.24) is 10.2 Å². The maximum absolute atomic E-state index is 14.3. The third-order valence-electron chi connectivity index (χ3n) is 4.93. The molecule has 0 unspecified atom stereocenters. The van der Waals surface area contributed by atoms with Crippen LogP contribution < -0.4 is 5.32 Å². The second kappa shape index (κ2) is 6.73. The number of piperazine rings is 1. The number of halogens is 5. The molecular weight excluding hydrogens is 315 g/mol. The van der Waals surface area contributed by atoms with E-state index >= 15 is 0 Å². The predicted molar refractivity (Wildman–Crippen MR) is 75.4 cm³/mol. The SMILES string of the molecule is Fc1c(F)c(F)c([C@@H](C2CCCC2)N2CCNCC2)c(F)c1F. The van der Waals surface area contributed by atoms with E-state index in [0.29, 0.717) is 26.2 Å². The lowest BCUT2D eigenvalue weighted by atomic mass is 9.88. The molecule has 1 heterocycles. The lowest BCUT2D eigenvalue weighted by Crippen LogP contribution is -2.47. The number of benzene rings is 1. The van der Waals surface area contributed by atoms with Gasteiger partial charge in [0.15, 0.2) is 23.3 Å². The molecule has 0 bridgehead atoms. The molecule has 1 aliphatic heterocycles. The normalized spacial score (nSPS) is 21.8. The first-order valence-corrected chi connectivity index (χ1v) is 7.98. The number of nitrogens with one attached hydrogen (secondary N) is 1. The van der Waals surface area contributed by atoms with Crippen molar-refractivity contribution in [1.29, 1.82) is 0 Å². The zero-order valence-corrected chi connectivity index (χ0v) is 12.6. The Balaban J connectivity index is 2.09. The second-order valence-corrected chi connectivity index (χ2v) is 6.26. The van der Waals surface area contributed by atoms with E-state index in [2.05, 4.69) is 5.32 Å². The number of nitrogens with zero attached hydrogens (tertiary/aromatic N) is 1. The zero-order valence-electron chi connectivity index (χ0n) is 12.6. The molecule has 128 valence electrons. The van der Waals surface area contributed by atoms with Gasteiger partial charge in [-0.2, -0.15) is 0 Å². The first-order valence-electron chi connectivity index (χ1n) is 7.98. The Morgan fingerprint density at radius 2 is 1.26 bits per heavy atom. The van der Waals surface area contributed by atoms with Gasteiger partial charge in [-0.05, 0) is 18.8 Å². The predicted octanol–water partition coefficient (Wildman–Crippen LogP) is 3.52.